The smallest absolute Gasteiger partial charge is 0.242 e. The second-order valence-electron chi connectivity index (χ2n) is 7.15. The van der Waals surface area contributed by atoms with Gasteiger partial charge in [-0.3, -0.25) is 4.79 Å². The fraction of sp³-hybridized carbons (Fsp3) is 0.364. The maximum Gasteiger partial charge on any atom is 0.242 e. The van der Waals surface area contributed by atoms with Gasteiger partial charge in [-0.1, -0.05) is 24.3 Å². The molecule has 0 unspecified atom stereocenters. The third-order valence-corrected chi connectivity index (χ3v) is 5.09. The van der Waals surface area contributed by atoms with Crippen LogP contribution in [0.3, 0.4) is 0 Å². The molecule has 1 aliphatic rings. The lowest BCUT2D eigenvalue weighted by molar-refractivity contribution is -0.132. The van der Waals surface area contributed by atoms with Crippen LogP contribution in [0.1, 0.15) is 30.7 Å². The maximum atomic E-state index is 12.8. The predicted octanol–water partition coefficient (Wildman–Crippen LogP) is 3.94. The molecule has 0 saturated carbocycles. The highest BCUT2D eigenvalue weighted by Crippen LogP contribution is 2.20. The van der Waals surface area contributed by atoms with Gasteiger partial charge in [0.1, 0.15) is 24.7 Å². The highest BCUT2D eigenvalue weighted by molar-refractivity contribution is 5.81. The van der Waals surface area contributed by atoms with Crippen molar-refractivity contribution < 1.29 is 9.53 Å². The summed E-state index contributed by atoms with van der Waals surface area (Å²) in [5, 5.41) is 0. The molecule has 1 aliphatic heterocycles. The number of amides is 1. The van der Waals surface area contributed by atoms with Crippen molar-refractivity contribution in [2.45, 2.75) is 39.3 Å². The molecule has 5 nitrogen and oxygen atoms in total. The largest absolute Gasteiger partial charge is 0.486 e. The van der Waals surface area contributed by atoms with Crippen LogP contribution in [0.25, 0.3) is 11.0 Å². The van der Waals surface area contributed by atoms with Crippen molar-refractivity contribution in [1.29, 1.82) is 0 Å². The molecule has 0 atom stereocenters. The minimum absolute atomic E-state index is 0.162. The Kier molecular flexibility index (Phi) is 5.10. The van der Waals surface area contributed by atoms with Crippen LogP contribution in [-0.4, -0.2) is 33.4 Å². The number of rotatable bonds is 5. The zero-order chi connectivity index (χ0) is 18.6. The van der Waals surface area contributed by atoms with Crippen LogP contribution in [0.2, 0.25) is 0 Å². The predicted molar refractivity (Wildman–Crippen MR) is 106 cm³/mol. The number of fused-ring (bicyclic) bond motifs is 1. The summed E-state index contributed by atoms with van der Waals surface area (Å²) < 4.78 is 7.96. The summed E-state index contributed by atoms with van der Waals surface area (Å²) in [5.41, 5.74) is 3.03. The molecule has 1 fully saturated rings. The van der Waals surface area contributed by atoms with Crippen LogP contribution in [0.15, 0.2) is 48.5 Å². The second kappa shape index (κ2) is 7.82. The maximum absolute atomic E-state index is 12.8. The molecule has 0 radical (unpaired) electrons. The van der Waals surface area contributed by atoms with E-state index in [1.54, 1.807) is 0 Å². The lowest BCUT2D eigenvalue weighted by atomic mass is 10.1. The minimum atomic E-state index is 0.162. The topological polar surface area (TPSA) is 47.4 Å². The Balaban J connectivity index is 1.57. The van der Waals surface area contributed by atoms with Gasteiger partial charge in [0.25, 0.3) is 0 Å². The fourth-order valence-electron chi connectivity index (χ4n) is 3.64. The van der Waals surface area contributed by atoms with Crippen LogP contribution >= 0.6 is 0 Å². The number of likely N-dealkylation sites (tertiary alicyclic amines) is 1. The van der Waals surface area contributed by atoms with E-state index in [-0.39, 0.29) is 5.91 Å². The van der Waals surface area contributed by atoms with Gasteiger partial charge in [0.2, 0.25) is 5.91 Å². The van der Waals surface area contributed by atoms with Crippen LogP contribution in [0.5, 0.6) is 5.75 Å². The Morgan fingerprint density at radius 1 is 1.07 bits per heavy atom. The number of benzene rings is 2. The highest BCUT2D eigenvalue weighted by Gasteiger charge is 2.20. The van der Waals surface area contributed by atoms with Crippen molar-refractivity contribution in [3.8, 4) is 5.75 Å². The third kappa shape index (κ3) is 3.97. The van der Waals surface area contributed by atoms with E-state index in [1.807, 2.05) is 64.9 Å². The first-order chi connectivity index (χ1) is 13.2. The van der Waals surface area contributed by atoms with E-state index in [0.717, 1.165) is 54.1 Å². The summed E-state index contributed by atoms with van der Waals surface area (Å²) >= 11 is 0. The number of carbonyl (C=O) groups excluding carboxylic acids is 1. The zero-order valence-corrected chi connectivity index (χ0v) is 15.7. The zero-order valence-electron chi connectivity index (χ0n) is 15.7. The molecule has 27 heavy (non-hydrogen) atoms. The van der Waals surface area contributed by atoms with Crippen LogP contribution in [-0.2, 0) is 17.9 Å². The first-order valence-corrected chi connectivity index (χ1v) is 9.62. The summed E-state index contributed by atoms with van der Waals surface area (Å²) in [6, 6.07) is 15.9. The van der Waals surface area contributed by atoms with Gasteiger partial charge in [0, 0.05) is 13.1 Å². The average molecular weight is 363 g/mol. The van der Waals surface area contributed by atoms with Crippen molar-refractivity contribution in [2.24, 2.45) is 0 Å². The van der Waals surface area contributed by atoms with E-state index in [4.69, 9.17) is 9.72 Å². The normalized spacial score (nSPS) is 14.5. The van der Waals surface area contributed by atoms with E-state index in [9.17, 15) is 4.79 Å². The summed E-state index contributed by atoms with van der Waals surface area (Å²) in [5.74, 6) is 1.76. The molecular weight excluding hydrogens is 338 g/mol. The Morgan fingerprint density at radius 2 is 1.89 bits per heavy atom. The van der Waals surface area contributed by atoms with Crippen molar-refractivity contribution in [1.82, 2.24) is 14.5 Å². The van der Waals surface area contributed by atoms with Gasteiger partial charge >= 0.3 is 0 Å². The molecule has 0 aliphatic carbocycles. The van der Waals surface area contributed by atoms with E-state index < -0.39 is 0 Å². The summed E-state index contributed by atoms with van der Waals surface area (Å²) in [4.78, 5) is 19.5. The standard InChI is InChI=1S/C22H25N3O2/c1-17-8-7-9-18(14-17)27-16-21-23-19-10-3-4-11-20(19)25(21)15-22(26)24-12-5-2-6-13-24/h3-4,7-11,14H,2,5-6,12-13,15-16H2,1H3. The van der Waals surface area contributed by atoms with Crippen LogP contribution < -0.4 is 4.74 Å². The molecule has 2 heterocycles. The lowest BCUT2D eigenvalue weighted by Gasteiger charge is -2.27. The number of ether oxygens (including phenoxy) is 1. The Hall–Kier alpha value is -2.82. The summed E-state index contributed by atoms with van der Waals surface area (Å²) in [6.45, 7) is 4.42. The number of imidazole rings is 1. The molecule has 1 saturated heterocycles. The summed E-state index contributed by atoms with van der Waals surface area (Å²) in [6.07, 6.45) is 3.41. The number of piperidine rings is 1. The van der Waals surface area contributed by atoms with Gasteiger partial charge in [-0.25, -0.2) is 4.98 Å². The van der Waals surface area contributed by atoms with Crippen LogP contribution in [0, 0.1) is 6.92 Å². The van der Waals surface area contributed by atoms with Crippen molar-refractivity contribution in [3.63, 3.8) is 0 Å². The van der Waals surface area contributed by atoms with Crippen molar-refractivity contribution in [3.05, 3.63) is 59.9 Å². The third-order valence-electron chi connectivity index (χ3n) is 5.09. The number of hydrogen-bond donors (Lipinski definition) is 0. The molecule has 3 aromatic rings. The number of aryl methyl sites for hydroxylation is 1. The van der Waals surface area contributed by atoms with Gasteiger partial charge in [0.15, 0.2) is 0 Å². The van der Waals surface area contributed by atoms with E-state index in [0.29, 0.717) is 13.2 Å². The fourth-order valence-corrected chi connectivity index (χ4v) is 3.64. The molecule has 1 aromatic heterocycles. The van der Waals surface area contributed by atoms with E-state index >= 15 is 0 Å². The first-order valence-electron chi connectivity index (χ1n) is 9.62. The first kappa shape index (κ1) is 17.6. The van der Waals surface area contributed by atoms with Crippen molar-refractivity contribution in [2.75, 3.05) is 13.1 Å². The number of nitrogens with zero attached hydrogens (tertiary/aromatic N) is 3. The monoisotopic (exact) mass is 363 g/mol. The average Bonchev–Trinajstić information content (AvgIpc) is 3.05. The molecule has 0 spiro atoms. The van der Waals surface area contributed by atoms with Crippen LogP contribution in [0.4, 0.5) is 0 Å². The Bertz CT molecular complexity index is 942. The number of para-hydroxylation sites is 2. The molecule has 4 rings (SSSR count). The van der Waals surface area contributed by atoms with E-state index in [2.05, 4.69) is 0 Å². The van der Waals surface area contributed by atoms with Gasteiger partial charge < -0.3 is 14.2 Å². The highest BCUT2D eigenvalue weighted by atomic mass is 16.5. The molecule has 1 amide bonds. The Morgan fingerprint density at radius 3 is 2.70 bits per heavy atom. The number of carbonyl (C=O) groups is 1. The van der Waals surface area contributed by atoms with E-state index in [1.165, 1.54) is 6.42 Å². The second-order valence-corrected chi connectivity index (χ2v) is 7.15. The molecule has 2 aromatic carbocycles. The Labute approximate surface area is 159 Å². The molecule has 0 bridgehead atoms. The summed E-state index contributed by atoms with van der Waals surface area (Å²) in [7, 11) is 0. The SMILES string of the molecule is Cc1cccc(OCc2nc3ccccc3n2CC(=O)N2CCCCC2)c1. The lowest BCUT2D eigenvalue weighted by Crippen LogP contribution is -2.38. The minimum Gasteiger partial charge on any atom is -0.486 e. The molecule has 5 heteroatoms. The molecule has 140 valence electrons. The number of aromatic nitrogens is 2. The van der Waals surface area contributed by atoms with Gasteiger partial charge in [-0.15, -0.1) is 0 Å². The molecular formula is C22H25N3O2. The van der Waals surface area contributed by atoms with Gasteiger partial charge in [-0.2, -0.15) is 0 Å². The molecule has 0 N–H and O–H groups in total. The van der Waals surface area contributed by atoms with Gasteiger partial charge in [0.05, 0.1) is 11.0 Å². The quantitative estimate of drug-likeness (QED) is 0.690. The van der Waals surface area contributed by atoms with Crippen molar-refractivity contribution >= 4 is 16.9 Å². The van der Waals surface area contributed by atoms with Gasteiger partial charge in [-0.05, 0) is 56.0 Å². The number of hydrogen-bond acceptors (Lipinski definition) is 3.